The zero-order valence-electron chi connectivity index (χ0n) is 13.5. The van der Waals surface area contributed by atoms with E-state index in [9.17, 15) is 18.3 Å². The van der Waals surface area contributed by atoms with Crippen molar-refractivity contribution in [2.75, 3.05) is 7.11 Å². The number of thiophene rings is 1. The van der Waals surface area contributed by atoms with Crippen LogP contribution in [0.2, 0.25) is 0 Å². The molecule has 0 spiro atoms. The summed E-state index contributed by atoms with van der Waals surface area (Å²) in [6, 6.07) is 7.12. The van der Waals surface area contributed by atoms with Crippen LogP contribution < -0.4 is 9.46 Å². The molecule has 138 valence electrons. The van der Waals surface area contributed by atoms with Gasteiger partial charge in [-0.2, -0.15) is 4.72 Å². The number of aromatic amines is 1. The monoisotopic (exact) mass is 458 g/mol. The van der Waals surface area contributed by atoms with Crippen molar-refractivity contribution < 1.29 is 23.1 Å². The first-order valence-electron chi connectivity index (χ1n) is 7.45. The summed E-state index contributed by atoms with van der Waals surface area (Å²) >= 11 is 4.22. The minimum Gasteiger partial charge on any atom is -0.496 e. The first-order valence-corrected chi connectivity index (χ1v) is 10.5. The predicted octanol–water partition coefficient (Wildman–Crippen LogP) is 2.97. The minimum absolute atomic E-state index is 0.0263. The van der Waals surface area contributed by atoms with E-state index in [-0.39, 0.29) is 10.6 Å². The van der Waals surface area contributed by atoms with E-state index in [4.69, 9.17) is 4.74 Å². The van der Waals surface area contributed by atoms with Crippen LogP contribution in [-0.2, 0) is 21.2 Å². The highest BCUT2D eigenvalue weighted by molar-refractivity contribution is 9.11. The van der Waals surface area contributed by atoms with E-state index in [1.165, 1.54) is 13.2 Å². The number of methoxy groups -OCH3 is 1. The molecule has 1 aromatic carbocycles. The number of rotatable bonds is 7. The lowest BCUT2D eigenvalue weighted by Crippen LogP contribution is -2.42. The van der Waals surface area contributed by atoms with Crippen LogP contribution in [0.5, 0.6) is 5.75 Å². The van der Waals surface area contributed by atoms with E-state index in [1.807, 2.05) is 12.1 Å². The van der Waals surface area contributed by atoms with Crippen molar-refractivity contribution in [2.45, 2.75) is 16.7 Å². The number of aromatic nitrogens is 1. The molecule has 10 heteroatoms. The number of nitrogens with one attached hydrogen (secondary N) is 2. The molecule has 26 heavy (non-hydrogen) atoms. The fourth-order valence-corrected chi connectivity index (χ4v) is 5.85. The van der Waals surface area contributed by atoms with Crippen LogP contribution in [0.3, 0.4) is 0 Å². The van der Waals surface area contributed by atoms with E-state index in [0.29, 0.717) is 15.1 Å². The van der Waals surface area contributed by atoms with Crippen molar-refractivity contribution in [3.63, 3.8) is 0 Å². The van der Waals surface area contributed by atoms with Gasteiger partial charge in [0.1, 0.15) is 16.0 Å². The molecular weight excluding hydrogens is 444 g/mol. The number of carbonyl (C=O) groups is 1. The summed E-state index contributed by atoms with van der Waals surface area (Å²) in [5.41, 5.74) is 1.44. The van der Waals surface area contributed by atoms with Gasteiger partial charge in [0, 0.05) is 23.5 Å². The van der Waals surface area contributed by atoms with Crippen LogP contribution in [0.25, 0.3) is 10.9 Å². The van der Waals surface area contributed by atoms with Gasteiger partial charge in [-0.3, -0.25) is 4.79 Å². The third kappa shape index (κ3) is 3.78. The topological polar surface area (TPSA) is 108 Å². The van der Waals surface area contributed by atoms with Gasteiger partial charge in [-0.05, 0) is 45.8 Å². The van der Waals surface area contributed by atoms with Gasteiger partial charge in [-0.1, -0.05) is 6.07 Å². The number of aliphatic carboxylic acids is 1. The van der Waals surface area contributed by atoms with E-state index in [1.54, 1.807) is 18.3 Å². The van der Waals surface area contributed by atoms with Crippen molar-refractivity contribution in [1.29, 1.82) is 0 Å². The molecule has 0 radical (unpaired) electrons. The summed E-state index contributed by atoms with van der Waals surface area (Å²) in [4.78, 5) is 14.7. The lowest BCUT2D eigenvalue weighted by molar-refractivity contribution is -0.138. The molecule has 0 unspecified atom stereocenters. The molecule has 2 heterocycles. The van der Waals surface area contributed by atoms with Crippen molar-refractivity contribution in [3.05, 3.63) is 45.9 Å². The molecule has 3 rings (SSSR count). The average molecular weight is 459 g/mol. The Labute approximate surface area is 162 Å². The highest BCUT2D eigenvalue weighted by Crippen LogP contribution is 2.30. The van der Waals surface area contributed by atoms with Gasteiger partial charge < -0.3 is 14.8 Å². The van der Waals surface area contributed by atoms with Gasteiger partial charge in [0.25, 0.3) is 10.0 Å². The highest BCUT2D eigenvalue weighted by atomic mass is 79.9. The predicted molar refractivity (Wildman–Crippen MR) is 102 cm³/mol. The third-order valence-corrected chi connectivity index (χ3v) is 7.39. The fourth-order valence-electron chi connectivity index (χ4n) is 2.64. The maximum Gasteiger partial charge on any atom is 0.322 e. The van der Waals surface area contributed by atoms with Crippen molar-refractivity contribution >= 4 is 54.2 Å². The summed E-state index contributed by atoms with van der Waals surface area (Å²) in [5.74, 6) is -0.665. The molecule has 1 atom stereocenters. The number of sulfonamides is 1. The molecular formula is C16H15BrN2O5S2. The number of carboxylic acid groups (broad SMARTS) is 1. The number of H-pyrrole nitrogens is 1. The summed E-state index contributed by atoms with van der Waals surface area (Å²) in [7, 11) is -2.41. The smallest absolute Gasteiger partial charge is 0.322 e. The SMILES string of the molecule is COc1cccc2[nH]cc(C[C@@H](NS(=O)(=O)c3ccc(Br)s3)C(=O)O)c12. The van der Waals surface area contributed by atoms with Crippen molar-refractivity contribution in [2.24, 2.45) is 0 Å². The van der Waals surface area contributed by atoms with Gasteiger partial charge in [0.2, 0.25) is 0 Å². The van der Waals surface area contributed by atoms with Crippen molar-refractivity contribution in [1.82, 2.24) is 9.71 Å². The van der Waals surface area contributed by atoms with Crippen molar-refractivity contribution in [3.8, 4) is 5.75 Å². The Morgan fingerprint density at radius 2 is 2.15 bits per heavy atom. The van der Waals surface area contributed by atoms with Crippen LogP contribution in [0.15, 0.2) is 44.5 Å². The quantitative estimate of drug-likeness (QED) is 0.504. The Morgan fingerprint density at radius 1 is 1.38 bits per heavy atom. The Hall–Kier alpha value is -1.88. The number of hydrogen-bond donors (Lipinski definition) is 3. The summed E-state index contributed by atoms with van der Waals surface area (Å²) in [5, 5.41) is 10.2. The van der Waals surface area contributed by atoms with Crippen LogP contribution in [0.1, 0.15) is 5.56 Å². The van der Waals surface area contributed by atoms with Gasteiger partial charge in [-0.25, -0.2) is 8.42 Å². The van der Waals surface area contributed by atoms with E-state index >= 15 is 0 Å². The molecule has 0 bridgehead atoms. The molecule has 0 fully saturated rings. The standard InChI is InChI=1S/C16H15BrN2O5S2/c1-24-12-4-2-3-10-15(12)9(8-18-10)7-11(16(20)21)19-26(22,23)14-6-5-13(17)25-14/h2-6,8,11,18-19H,7H2,1H3,(H,20,21)/t11-/m1/s1. The molecule has 2 aromatic heterocycles. The van der Waals surface area contributed by atoms with Gasteiger partial charge in [0.15, 0.2) is 0 Å². The second-order valence-electron chi connectivity index (χ2n) is 5.47. The first-order chi connectivity index (χ1) is 12.3. The molecule has 0 aliphatic heterocycles. The Kier molecular flexibility index (Phi) is 5.37. The van der Waals surface area contributed by atoms with Crippen LogP contribution in [-0.4, -0.2) is 37.6 Å². The molecule has 0 aliphatic rings. The fraction of sp³-hybridized carbons (Fsp3) is 0.188. The number of halogens is 1. The van der Waals surface area contributed by atoms with Crippen LogP contribution in [0.4, 0.5) is 0 Å². The highest BCUT2D eigenvalue weighted by Gasteiger charge is 2.28. The Balaban J connectivity index is 1.92. The minimum atomic E-state index is -3.94. The number of fused-ring (bicyclic) bond motifs is 1. The van der Waals surface area contributed by atoms with Gasteiger partial charge >= 0.3 is 5.97 Å². The Bertz CT molecular complexity index is 1060. The zero-order valence-corrected chi connectivity index (χ0v) is 16.7. The second kappa shape index (κ2) is 7.39. The number of ether oxygens (including phenoxy) is 1. The van der Waals surface area contributed by atoms with Crippen LogP contribution in [0, 0.1) is 0 Å². The Morgan fingerprint density at radius 3 is 2.77 bits per heavy atom. The normalized spacial score (nSPS) is 13.0. The lowest BCUT2D eigenvalue weighted by atomic mass is 10.1. The largest absolute Gasteiger partial charge is 0.496 e. The molecule has 0 aliphatic carbocycles. The molecule has 7 nitrogen and oxygen atoms in total. The van der Waals surface area contributed by atoms with Gasteiger partial charge in [-0.15, -0.1) is 11.3 Å². The maximum atomic E-state index is 12.5. The summed E-state index contributed by atoms with van der Waals surface area (Å²) in [6.07, 6.45) is 1.64. The lowest BCUT2D eigenvalue weighted by Gasteiger charge is -2.14. The number of benzene rings is 1. The number of carboxylic acids is 1. The first kappa shape index (κ1) is 18.9. The van der Waals surface area contributed by atoms with Gasteiger partial charge in [0.05, 0.1) is 10.9 Å². The van der Waals surface area contributed by atoms with Crippen LogP contribution >= 0.6 is 27.3 Å². The third-order valence-electron chi connectivity index (χ3n) is 3.80. The summed E-state index contributed by atoms with van der Waals surface area (Å²) < 4.78 is 33.2. The van der Waals surface area contributed by atoms with E-state index in [2.05, 4.69) is 25.6 Å². The molecule has 0 saturated heterocycles. The molecule has 0 saturated carbocycles. The zero-order chi connectivity index (χ0) is 18.9. The molecule has 3 N–H and O–H groups in total. The van der Waals surface area contributed by atoms with E-state index in [0.717, 1.165) is 22.2 Å². The molecule has 0 amide bonds. The second-order valence-corrected chi connectivity index (χ2v) is 9.88. The maximum absolute atomic E-state index is 12.5. The summed E-state index contributed by atoms with van der Waals surface area (Å²) in [6.45, 7) is 0. The van der Waals surface area contributed by atoms with E-state index < -0.39 is 22.0 Å². The number of hydrogen-bond acceptors (Lipinski definition) is 5. The average Bonchev–Trinajstić information content (AvgIpc) is 3.21. The molecule has 3 aromatic rings.